The van der Waals surface area contributed by atoms with Crippen molar-refractivity contribution in [2.24, 2.45) is 0 Å². The highest BCUT2D eigenvalue weighted by Crippen LogP contribution is 2.34. The lowest BCUT2D eigenvalue weighted by Gasteiger charge is -2.16. The van der Waals surface area contributed by atoms with E-state index in [1.165, 1.54) is 23.8 Å². The predicted molar refractivity (Wildman–Crippen MR) is 96.4 cm³/mol. The molecular formula is C18H19F3N2S. The minimum absolute atomic E-state index is 0.0706. The van der Waals surface area contributed by atoms with E-state index >= 15 is 0 Å². The van der Waals surface area contributed by atoms with E-state index in [4.69, 9.17) is 12.2 Å². The van der Waals surface area contributed by atoms with Gasteiger partial charge in [-0.05, 0) is 54.4 Å². The molecule has 24 heavy (non-hydrogen) atoms. The molecule has 128 valence electrons. The Labute approximate surface area is 145 Å². The summed E-state index contributed by atoms with van der Waals surface area (Å²) in [6.07, 6.45) is -3.39. The first kappa shape index (κ1) is 18.3. The molecule has 0 saturated heterocycles. The molecule has 0 aliphatic rings. The molecule has 2 nitrogen and oxygen atoms in total. The van der Waals surface area contributed by atoms with Gasteiger partial charge in [0.15, 0.2) is 5.11 Å². The number of hydrogen-bond acceptors (Lipinski definition) is 1. The number of halogens is 3. The summed E-state index contributed by atoms with van der Waals surface area (Å²) in [6.45, 7) is 4.26. The van der Waals surface area contributed by atoms with Gasteiger partial charge in [-0.1, -0.05) is 38.1 Å². The molecule has 2 N–H and O–H groups in total. The van der Waals surface area contributed by atoms with E-state index in [0.717, 1.165) is 18.2 Å². The number of benzene rings is 2. The van der Waals surface area contributed by atoms with Gasteiger partial charge in [0.1, 0.15) is 0 Å². The summed E-state index contributed by atoms with van der Waals surface area (Å²) in [7, 11) is 0. The van der Waals surface area contributed by atoms with Crippen molar-refractivity contribution in [1.82, 2.24) is 0 Å². The minimum Gasteiger partial charge on any atom is -0.332 e. The lowest BCUT2D eigenvalue weighted by molar-refractivity contribution is -0.136. The van der Waals surface area contributed by atoms with E-state index in [1.54, 1.807) is 0 Å². The fourth-order valence-corrected chi connectivity index (χ4v) is 2.48. The van der Waals surface area contributed by atoms with Crippen LogP contribution in [0.25, 0.3) is 0 Å². The fraction of sp³-hybridized carbons (Fsp3) is 0.278. The molecule has 0 amide bonds. The maximum atomic E-state index is 13.0. The van der Waals surface area contributed by atoms with Gasteiger partial charge in [0, 0.05) is 5.69 Å². The molecule has 1 atom stereocenters. The lowest BCUT2D eigenvalue weighted by atomic mass is 9.99. The van der Waals surface area contributed by atoms with Crippen molar-refractivity contribution in [3.8, 4) is 0 Å². The van der Waals surface area contributed by atoms with Crippen LogP contribution in [-0.4, -0.2) is 5.11 Å². The normalized spacial score (nSPS) is 12.5. The molecule has 0 saturated carbocycles. The highest BCUT2D eigenvalue weighted by atomic mass is 32.1. The molecule has 0 radical (unpaired) electrons. The Kier molecular flexibility index (Phi) is 5.83. The van der Waals surface area contributed by atoms with Crippen LogP contribution in [0.15, 0.2) is 48.5 Å². The number of hydrogen-bond donors (Lipinski definition) is 2. The highest BCUT2D eigenvalue weighted by molar-refractivity contribution is 7.80. The van der Waals surface area contributed by atoms with Gasteiger partial charge < -0.3 is 10.6 Å². The third kappa shape index (κ3) is 4.71. The topological polar surface area (TPSA) is 24.1 Å². The molecule has 0 fully saturated rings. The Balaban J connectivity index is 2.07. The summed E-state index contributed by atoms with van der Waals surface area (Å²) in [5.41, 5.74) is 1.12. The molecule has 2 rings (SSSR count). The predicted octanol–water partition coefficient (Wildman–Crippen LogP) is 6.03. The summed E-state index contributed by atoms with van der Waals surface area (Å²) in [5, 5.41) is 5.63. The molecule has 2 aromatic carbocycles. The van der Waals surface area contributed by atoms with Crippen LogP contribution in [0.5, 0.6) is 0 Å². The van der Waals surface area contributed by atoms with Crippen molar-refractivity contribution in [3.05, 3.63) is 59.7 Å². The summed E-state index contributed by atoms with van der Waals surface area (Å²) in [6, 6.07) is 13.0. The zero-order valence-electron chi connectivity index (χ0n) is 13.4. The monoisotopic (exact) mass is 352 g/mol. The second kappa shape index (κ2) is 7.66. The molecule has 1 unspecified atom stereocenters. The molecule has 0 aliphatic heterocycles. The van der Waals surface area contributed by atoms with E-state index in [-0.39, 0.29) is 10.8 Å². The average molecular weight is 352 g/mol. The van der Waals surface area contributed by atoms with Crippen LogP contribution < -0.4 is 10.6 Å². The first-order valence-corrected chi connectivity index (χ1v) is 8.06. The SMILES string of the molecule is CCC(C)c1ccc(NC(=S)Nc2ccccc2C(F)(F)F)cc1. The van der Waals surface area contributed by atoms with Crippen LogP contribution in [0.4, 0.5) is 24.5 Å². The smallest absolute Gasteiger partial charge is 0.332 e. The van der Waals surface area contributed by atoms with Crippen molar-refractivity contribution >= 4 is 28.7 Å². The van der Waals surface area contributed by atoms with Crippen LogP contribution in [0.3, 0.4) is 0 Å². The van der Waals surface area contributed by atoms with Gasteiger partial charge in [-0.2, -0.15) is 13.2 Å². The zero-order valence-corrected chi connectivity index (χ0v) is 14.3. The van der Waals surface area contributed by atoms with E-state index in [9.17, 15) is 13.2 Å². The number of alkyl halides is 3. The van der Waals surface area contributed by atoms with Crippen molar-refractivity contribution in [2.45, 2.75) is 32.4 Å². The van der Waals surface area contributed by atoms with Crippen LogP contribution in [0, 0.1) is 0 Å². The molecule has 0 aromatic heterocycles. The van der Waals surface area contributed by atoms with Gasteiger partial charge in [-0.3, -0.25) is 0 Å². The van der Waals surface area contributed by atoms with Gasteiger partial charge in [-0.15, -0.1) is 0 Å². The standard InChI is InChI=1S/C18H19F3N2S/c1-3-12(2)13-8-10-14(11-9-13)22-17(24)23-16-7-5-4-6-15(16)18(19,20)21/h4-12H,3H2,1-2H3,(H2,22,23,24). The third-order valence-electron chi connectivity index (χ3n) is 3.83. The van der Waals surface area contributed by atoms with E-state index in [0.29, 0.717) is 5.92 Å². The number of thiocarbonyl (C=S) groups is 1. The Morgan fingerprint density at radius 3 is 2.25 bits per heavy atom. The largest absolute Gasteiger partial charge is 0.418 e. The number of rotatable bonds is 4. The molecular weight excluding hydrogens is 333 g/mol. The Bertz CT molecular complexity index is 696. The van der Waals surface area contributed by atoms with Crippen molar-refractivity contribution in [1.29, 1.82) is 0 Å². The quantitative estimate of drug-likeness (QED) is 0.657. The summed E-state index contributed by atoms with van der Waals surface area (Å²) >= 11 is 5.12. The summed E-state index contributed by atoms with van der Waals surface area (Å²) < 4.78 is 38.9. The molecule has 6 heteroatoms. The second-order valence-electron chi connectivity index (χ2n) is 5.55. The molecule has 0 aliphatic carbocycles. The molecule has 0 bridgehead atoms. The lowest BCUT2D eigenvalue weighted by Crippen LogP contribution is -2.21. The van der Waals surface area contributed by atoms with Gasteiger partial charge in [-0.25, -0.2) is 0 Å². The van der Waals surface area contributed by atoms with E-state index < -0.39 is 11.7 Å². The minimum atomic E-state index is -4.43. The molecule has 2 aromatic rings. The van der Waals surface area contributed by atoms with Gasteiger partial charge in [0.05, 0.1) is 11.3 Å². The van der Waals surface area contributed by atoms with Gasteiger partial charge >= 0.3 is 6.18 Å². The number of para-hydroxylation sites is 1. The zero-order chi connectivity index (χ0) is 17.7. The summed E-state index contributed by atoms with van der Waals surface area (Å²) in [4.78, 5) is 0. The maximum Gasteiger partial charge on any atom is 0.418 e. The Hall–Kier alpha value is -2.08. The van der Waals surface area contributed by atoms with E-state index in [1.807, 2.05) is 24.3 Å². The second-order valence-corrected chi connectivity index (χ2v) is 5.96. The number of anilines is 2. The molecule has 0 spiro atoms. The van der Waals surface area contributed by atoms with Crippen molar-refractivity contribution in [3.63, 3.8) is 0 Å². The Morgan fingerprint density at radius 2 is 1.67 bits per heavy atom. The van der Waals surface area contributed by atoms with Crippen LogP contribution >= 0.6 is 12.2 Å². The Morgan fingerprint density at radius 1 is 1.04 bits per heavy atom. The third-order valence-corrected chi connectivity index (χ3v) is 4.03. The first-order valence-electron chi connectivity index (χ1n) is 7.65. The fourth-order valence-electron chi connectivity index (χ4n) is 2.25. The van der Waals surface area contributed by atoms with Gasteiger partial charge in [0.25, 0.3) is 0 Å². The number of nitrogens with one attached hydrogen (secondary N) is 2. The summed E-state index contributed by atoms with van der Waals surface area (Å²) in [5.74, 6) is 0.461. The average Bonchev–Trinajstić information content (AvgIpc) is 2.54. The van der Waals surface area contributed by atoms with Crippen LogP contribution in [0.2, 0.25) is 0 Å². The first-order chi connectivity index (χ1) is 11.3. The van der Waals surface area contributed by atoms with Crippen LogP contribution in [-0.2, 0) is 6.18 Å². The molecule has 0 heterocycles. The van der Waals surface area contributed by atoms with Crippen molar-refractivity contribution in [2.75, 3.05) is 10.6 Å². The van der Waals surface area contributed by atoms with Crippen molar-refractivity contribution < 1.29 is 13.2 Å². The van der Waals surface area contributed by atoms with Crippen LogP contribution in [0.1, 0.15) is 37.3 Å². The highest BCUT2D eigenvalue weighted by Gasteiger charge is 2.33. The maximum absolute atomic E-state index is 13.0. The van der Waals surface area contributed by atoms with Gasteiger partial charge in [0.2, 0.25) is 0 Å². The van der Waals surface area contributed by atoms with E-state index in [2.05, 4.69) is 24.5 Å².